The van der Waals surface area contributed by atoms with Crippen LogP contribution in [0.3, 0.4) is 0 Å². The lowest BCUT2D eigenvalue weighted by molar-refractivity contribution is 0.0267. The highest BCUT2D eigenvalue weighted by Gasteiger charge is 2.26. The molecule has 26 heavy (non-hydrogen) atoms. The fraction of sp³-hybridized carbons (Fsp3) is 0.450. The molecule has 3 rings (SSSR count). The summed E-state index contributed by atoms with van der Waals surface area (Å²) in [5.74, 6) is 1.48. The van der Waals surface area contributed by atoms with Crippen LogP contribution < -0.4 is 10.1 Å². The zero-order valence-electron chi connectivity index (χ0n) is 15.6. The SMILES string of the molecule is COc1cccc(-c2ccc(C(=O)NC(C)(C)CN3CCOCC3)o2)c1. The summed E-state index contributed by atoms with van der Waals surface area (Å²) in [7, 11) is 1.62. The molecule has 0 spiro atoms. The van der Waals surface area contributed by atoms with Gasteiger partial charge < -0.3 is 19.2 Å². The Labute approximate surface area is 154 Å². The van der Waals surface area contributed by atoms with Crippen LogP contribution in [0.5, 0.6) is 5.75 Å². The molecule has 1 aromatic carbocycles. The first-order chi connectivity index (χ1) is 12.5. The van der Waals surface area contributed by atoms with Crippen molar-refractivity contribution in [3.63, 3.8) is 0 Å². The van der Waals surface area contributed by atoms with Gasteiger partial charge in [-0.1, -0.05) is 12.1 Å². The van der Waals surface area contributed by atoms with Crippen LogP contribution in [0.15, 0.2) is 40.8 Å². The summed E-state index contributed by atoms with van der Waals surface area (Å²) in [6.07, 6.45) is 0. The van der Waals surface area contributed by atoms with Gasteiger partial charge >= 0.3 is 0 Å². The molecule has 0 saturated carbocycles. The summed E-state index contributed by atoms with van der Waals surface area (Å²) < 4.78 is 16.4. The van der Waals surface area contributed by atoms with E-state index in [9.17, 15) is 4.79 Å². The number of morpholine rings is 1. The van der Waals surface area contributed by atoms with Crippen LogP contribution in [0.1, 0.15) is 24.4 Å². The molecule has 0 aliphatic carbocycles. The van der Waals surface area contributed by atoms with Gasteiger partial charge in [0.25, 0.3) is 5.91 Å². The number of carbonyl (C=O) groups is 1. The monoisotopic (exact) mass is 358 g/mol. The molecule has 1 aliphatic heterocycles. The second kappa shape index (κ2) is 7.93. The maximum Gasteiger partial charge on any atom is 0.287 e. The largest absolute Gasteiger partial charge is 0.497 e. The molecule has 0 atom stereocenters. The van der Waals surface area contributed by atoms with Gasteiger partial charge in [0.1, 0.15) is 11.5 Å². The summed E-state index contributed by atoms with van der Waals surface area (Å²) in [6.45, 7) is 8.07. The zero-order valence-corrected chi connectivity index (χ0v) is 15.6. The van der Waals surface area contributed by atoms with Crippen LogP contribution in [-0.4, -0.2) is 56.3 Å². The summed E-state index contributed by atoms with van der Waals surface area (Å²) in [6, 6.07) is 11.1. The third kappa shape index (κ3) is 4.65. The second-order valence-electron chi connectivity index (χ2n) is 7.12. The topological polar surface area (TPSA) is 63.9 Å². The number of hydrogen-bond acceptors (Lipinski definition) is 5. The number of methoxy groups -OCH3 is 1. The Kier molecular flexibility index (Phi) is 5.64. The Hall–Kier alpha value is -2.31. The number of benzene rings is 1. The highest BCUT2D eigenvalue weighted by molar-refractivity contribution is 5.92. The molecule has 0 bridgehead atoms. The normalized spacial score (nSPS) is 15.7. The first-order valence-electron chi connectivity index (χ1n) is 8.84. The minimum atomic E-state index is -0.364. The first kappa shape index (κ1) is 18.5. The average molecular weight is 358 g/mol. The van der Waals surface area contributed by atoms with E-state index in [-0.39, 0.29) is 11.4 Å². The maximum atomic E-state index is 12.6. The molecule has 2 aromatic rings. The van der Waals surface area contributed by atoms with Gasteiger partial charge in [-0.25, -0.2) is 0 Å². The predicted octanol–water partition coefficient (Wildman–Crippen LogP) is 2.80. The zero-order chi connectivity index (χ0) is 18.6. The molecule has 1 fully saturated rings. The molecular weight excluding hydrogens is 332 g/mol. The van der Waals surface area contributed by atoms with Crippen LogP contribution in [0.4, 0.5) is 0 Å². The van der Waals surface area contributed by atoms with Crippen molar-refractivity contribution in [2.45, 2.75) is 19.4 Å². The molecule has 1 aliphatic rings. The van der Waals surface area contributed by atoms with Crippen molar-refractivity contribution >= 4 is 5.91 Å². The van der Waals surface area contributed by atoms with Gasteiger partial charge in [0, 0.05) is 30.7 Å². The molecule has 1 N–H and O–H groups in total. The number of furan rings is 1. The van der Waals surface area contributed by atoms with E-state index < -0.39 is 0 Å². The van der Waals surface area contributed by atoms with Crippen LogP contribution in [0.2, 0.25) is 0 Å². The lowest BCUT2D eigenvalue weighted by atomic mass is 10.0. The van der Waals surface area contributed by atoms with Crippen molar-refractivity contribution in [3.05, 3.63) is 42.2 Å². The van der Waals surface area contributed by atoms with Gasteiger partial charge in [-0.05, 0) is 38.1 Å². The molecule has 0 unspecified atom stereocenters. The summed E-state index contributed by atoms with van der Waals surface area (Å²) in [4.78, 5) is 14.9. The molecule has 2 heterocycles. The van der Waals surface area contributed by atoms with E-state index in [0.717, 1.165) is 44.2 Å². The van der Waals surface area contributed by atoms with Gasteiger partial charge in [-0.2, -0.15) is 0 Å². The van der Waals surface area contributed by atoms with Crippen LogP contribution in [-0.2, 0) is 4.74 Å². The number of hydrogen-bond donors (Lipinski definition) is 1. The van der Waals surface area contributed by atoms with Crippen molar-refractivity contribution in [2.24, 2.45) is 0 Å². The third-order valence-electron chi connectivity index (χ3n) is 4.36. The van der Waals surface area contributed by atoms with Gasteiger partial charge in [0.2, 0.25) is 0 Å². The standard InChI is InChI=1S/C20H26N2O4/c1-20(2,14-22-9-11-25-12-10-22)21-19(23)18-8-7-17(26-18)15-5-4-6-16(13-15)24-3/h4-8,13H,9-12,14H2,1-3H3,(H,21,23). The Bertz CT molecular complexity index is 748. The quantitative estimate of drug-likeness (QED) is 0.860. The van der Waals surface area contributed by atoms with Gasteiger partial charge in [-0.15, -0.1) is 0 Å². The van der Waals surface area contributed by atoms with Crippen molar-refractivity contribution < 1.29 is 18.7 Å². The van der Waals surface area contributed by atoms with E-state index in [2.05, 4.69) is 10.2 Å². The molecule has 140 valence electrons. The van der Waals surface area contributed by atoms with E-state index in [1.165, 1.54) is 0 Å². The summed E-state index contributed by atoms with van der Waals surface area (Å²) >= 11 is 0. The van der Waals surface area contributed by atoms with Crippen LogP contribution in [0, 0.1) is 0 Å². The number of rotatable bonds is 6. The van der Waals surface area contributed by atoms with Crippen molar-refractivity contribution in [1.29, 1.82) is 0 Å². The highest BCUT2D eigenvalue weighted by atomic mass is 16.5. The van der Waals surface area contributed by atoms with E-state index >= 15 is 0 Å². The smallest absolute Gasteiger partial charge is 0.287 e. The second-order valence-corrected chi connectivity index (χ2v) is 7.12. The molecule has 6 heteroatoms. The van der Waals surface area contributed by atoms with Crippen LogP contribution >= 0.6 is 0 Å². The number of amides is 1. The molecule has 1 saturated heterocycles. The number of nitrogens with zero attached hydrogens (tertiary/aromatic N) is 1. The van der Waals surface area contributed by atoms with Gasteiger partial charge in [0.15, 0.2) is 5.76 Å². The Balaban J connectivity index is 1.65. The summed E-state index contributed by atoms with van der Waals surface area (Å²) in [5, 5.41) is 3.07. The molecule has 6 nitrogen and oxygen atoms in total. The number of nitrogens with one attached hydrogen (secondary N) is 1. The number of carbonyl (C=O) groups excluding carboxylic acids is 1. The van der Waals surface area contributed by atoms with Gasteiger partial charge in [-0.3, -0.25) is 9.69 Å². The fourth-order valence-electron chi connectivity index (χ4n) is 3.12. The average Bonchev–Trinajstić information content (AvgIpc) is 3.12. The summed E-state index contributed by atoms with van der Waals surface area (Å²) in [5.41, 5.74) is 0.508. The third-order valence-corrected chi connectivity index (χ3v) is 4.36. The lowest BCUT2D eigenvalue weighted by Gasteiger charge is -2.35. The van der Waals surface area contributed by atoms with E-state index in [1.807, 2.05) is 38.1 Å². The first-order valence-corrected chi connectivity index (χ1v) is 8.84. The lowest BCUT2D eigenvalue weighted by Crippen LogP contribution is -2.53. The molecule has 1 aromatic heterocycles. The minimum absolute atomic E-state index is 0.211. The Morgan fingerprint density at radius 1 is 1.23 bits per heavy atom. The number of ether oxygens (including phenoxy) is 2. The van der Waals surface area contributed by atoms with Crippen molar-refractivity contribution in [3.8, 4) is 17.1 Å². The van der Waals surface area contributed by atoms with E-state index in [1.54, 1.807) is 19.2 Å². The van der Waals surface area contributed by atoms with Crippen molar-refractivity contribution in [2.75, 3.05) is 40.0 Å². The maximum absolute atomic E-state index is 12.6. The van der Waals surface area contributed by atoms with Crippen LogP contribution in [0.25, 0.3) is 11.3 Å². The van der Waals surface area contributed by atoms with Crippen molar-refractivity contribution in [1.82, 2.24) is 10.2 Å². The minimum Gasteiger partial charge on any atom is -0.497 e. The van der Waals surface area contributed by atoms with Gasteiger partial charge in [0.05, 0.1) is 20.3 Å². The fourth-order valence-corrected chi connectivity index (χ4v) is 3.12. The predicted molar refractivity (Wildman–Crippen MR) is 99.5 cm³/mol. The highest BCUT2D eigenvalue weighted by Crippen LogP contribution is 2.26. The van der Waals surface area contributed by atoms with E-state index in [4.69, 9.17) is 13.9 Å². The molecule has 1 amide bonds. The van der Waals surface area contributed by atoms with E-state index in [0.29, 0.717) is 11.5 Å². The Morgan fingerprint density at radius 3 is 2.73 bits per heavy atom. The Morgan fingerprint density at radius 2 is 2.00 bits per heavy atom. The molecular formula is C20H26N2O4. The molecule has 0 radical (unpaired) electrons.